The van der Waals surface area contributed by atoms with Crippen molar-refractivity contribution in [3.05, 3.63) is 58.6 Å². The van der Waals surface area contributed by atoms with Gasteiger partial charge >= 0.3 is 0 Å². The predicted octanol–water partition coefficient (Wildman–Crippen LogP) is 11.1. The molecule has 2 saturated carbocycles. The maximum atomic E-state index is 14.9. The van der Waals surface area contributed by atoms with Crippen LogP contribution in [0.15, 0.2) is 36.4 Å². The number of unbranched alkanes of at least 4 members (excludes halogenated alkanes) is 3. The first-order valence-electron chi connectivity index (χ1n) is 14.3. The van der Waals surface area contributed by atoms with E-state index in [-0.39, 0.29) is 10.8 Å². The normalized spacial score (nSPS) is 25.0. The van der Waals surface area contributed by atoms with Gasteiger partial charge in [0.2, 0.25) is 0 Å². The van der Waals surface area contributed by atoms with Gasteiger partial charge in [0.1, 0.15) is 11.6 Å². The van der Waals surface area contributed by atoms with Crippen LogP contribution in [0.2, 0.25) is 5.02 Å². The van der Waals surface area contributed by atoms with Crippen molar-refractivity contribution < 1.29 is 8.78 Å². The van der Waals surface area contributed by atoms with Gasteiger partial charge in [-0.15, -0.1) is 0 Å². The Hall–Kier alpha value is -1.41. The average molecular weight is 501 g/mol. The minimum atomic E-state index is -0.513. The molecular weight excluding hydrogens is 458 g/mol. The molecule has 0 unspecified atom stereocenters. The summed E-state index contributed by atoms with van der Waals surface area (Å²) in [5.74, 6) is 2.47. The molecule has 0 aliphatic heterocycles. The summed E-state index contributed by atoms with van der Waals surface area (Å²) in [7, 11) is 0. The number of rotatable bonds is 10. The van der Waals surface area contributed by atoms with E-state index in [2.05, 4.69) is 6.92 Å². The van der Waals surface area contributed by atoms with Crippen molar-refractivity contribution in [3.8, 4) is 11.1 Å². The number of hydrogen-bond acceptors (Lipinski definition) is 0. The summed E-state index contributed by atoms with van der Waals surface area (Å²) in [4.78, 5) is 0. The minimum absolute atomic E-state index is 0.0630. The van der Waals surface area contributed by atoms with Gasteiger partial charge in [-0.25, -0.2) is 8.78 Å². The molecule has 4 rings (SSSR count). The van der Waals surface area contributed by atoms with Crippen molar-refractivity contribution in [2.24, 2.45) is 17.8 Å². The SMILES string of the molecule is CCCCCC[C@H]1CC[C@H](CC[C@H]2CC[C@H](c3ccc(-c4ccc(Cl)c(F)c4)c(F)c3)CC2)CC1. The Kier molecular flexibility index (Phi) is 10.1. The van der Waals surface area contributed by atoms with Crippen LogP contribution in [0.3, 0.4) is 0 Å². The van der Waals surface area contributed by atoms with Crippen molar-refractivity contribution in [2.45, 2.75) is 109 Å². The van der Waals surface area contributed by atoms with Crippen molar-refractivity contribution >= 4 is 11.6 Å². The first-order valence-corrected chi connectivity index (χ1v) is 14.7. The number of halogens is 3. The van der Waals surface area contributed by atoms with Crippen molar-refractivity contribution in [1.82, 2.24) is 0 Å². The van der Waals surface area contributed by atoms with E-state index < -0.39 is 5.82 Å². The molecule has 0 nitrogen and oxygen atoms in total. The third kappa shape index (κ3) is 7.54. The Balaban J connectivity index is 1.19. The zero-order valence-corrected chi connectivity index (χ0v) is 22.3. The molecule has 0 N–H and O–H groups in total. The lowest BCUT2D eigenvalue weighted by Crippen LogP contribution is -2.18. The molecule has 2 fully saturated rings. The van der Waals surface area contributed by atoms with E-state index in [1.807, 2.05) is 6.07 Å². The number of hydrogen-bond donors (Lipinski definition) is 0. The Labute approximate surface area is 216 Å². The van der Waals surface area contributed by atoms with Crippen LogP contribution in [0, 0.1) is 29.4 Å². The largest absolute Gasteiger partial charge is 0.206 e. The van der Waals surface area contributed by atoms with Crippen LogP contribution in [-0.2, 0) is 0 Å². The Morgan fingerprint density at radius 1 is 0.686 bits per heavy atom. The fourth-order valence-corrected chi connectivity index (χ4v) is 6.73. The van der Waals surface area contributed by atoms with E-state index in [0.29, 0.717) is 17.0 Å². The second kappa shape index (κ2) is 13.2. The summed E-state index contributed by atoms with van der Waals surface area (Å²) in [6.07, 6.45) is 20.6. The third-order valence-electron chi connectivity index (χ3n) is 8.96. The van der Waals surface area contributed by atoms with Gasteiger partial charge in [-0.05, 0) is 78.7 Å². The smallest absolute Gasteiger partial charge is 0.142 e. The molecule has 0 radical (unpaired) electrons. The highest BCUT2D eigenvalue weighted by Crippen LogP contribution is 2.41. The molecule has 2 aromatic carbocycles. The molecule has 2 aliphatic rings. The van der Waals surface area contributed by atoms with Gasteiger partial charge in [-0.3, -0.25) is 0 Å². The predicted molar refractivity (Wildman–Crippen MR) is 145 cm³/mol. The van der Waals surface area contributed by atoms with E-state index in [1.165, 1.54) is 95.6 Å². The highest BCUT2D eigenvalue weighted by Gasteiger charge is 2.26. The van der Waals surface area contributed by atoms with E-state index in [9.17, 15) is 8.78 Å². The molecule has 0 amide bonds. The van der Waals surface area contributed by atoms with Crippen molar-refractivity contribution in [1.29, 1.82) is 0 Å². The molecule has 2 aliphatic carbocycles. The lowest BCUT2D eigenvalue weighted by atomic mass is 9.74. The summed E-state index contributed by atoms with van der Waals surface area (Å²) in [6.45, 7) is 2.29. The monoisotopic (exact) mass is 500 g/mol. The highest BCUT2D eigenvalue weighted by atomic mass is 35.5. The van der Waals surface area contributed by atoms with Crippen molar-refractivity contribution in [2.75, 3.05) is 0 Å². The topological polar surface area (TPSA) is 0 Å². The lowest BCUT2D eigenvalue weighted by molar-refractivity contribution is 0.222. The average Bonchev–Trinajstić information content (AvgIpc) is 2.88. The summed E-state index contributed by atoms with van der Waals surface area (Å²) in [6, 6.07) is 9.99. The van der Waals surface area contributed by atoms with E-state index >= 15 is 0 Å². The second-order valence-electron chi connectivity index (χ2n) is 11.4. The van der Waals surface area contributed by atoms with Crippen LogP contribution in [0.4, 0.5) is 8.78 Å². The maximum absolute atomic E-state index is 14.9. The molecule has 35 heavy (non-hydrogen) atoms. The first-order chi connectivity index (χ1) is 17.0. The van der Waals surface area contributed by atoms with E-state index in [4.69, 9.17) is 11.6 Å². The second-order valence-corrected chi connectivity index (χ2v) is 11.8. The lowest BCUT2D eigenvalue weighted by Gasteiger charge is -2.32. The van der Waals surface area contributed by atoms with Crippen molar-refractivity contribution in [3.63, 3.8) is 0 Å². The summed E-state index contributed by atoms with van der Waals surface area (Å²) in [5.41, 5.74) is 2.07. The van der Waals surface area contributed by atoms with Gasteiger partial charge < -0.3 is 0 Å². The van der Waals surface area contributed by atoms with Gasteiger partial charge in [0, 0.05) is 5.56 Å². The number of benzene rings is 2. The zero-order chi connectivity index (χ0) is 24.6. The summed E-state index contributed by atoms with van der Waals surface area (Å²) < 4.78 is 28.7. The molecule has 0 bridgehead atoms. The molecule has 0 aromatic heterocycles. The zero-order valence-electron chi connectivity index (χ0n) is 21.5. The molecule has 3 heteroatoms. The fraction of sp³-hybridized carbons (Fsp3) is 0.625. The molecule has 0 atom stereocenters. The molecule has 0 heterocycles. The van der Waals surface area contributed by atoms with Crippen LogP contribution in [-0.4, -0.2) is 0 Å². The summed E-state index contributed by atoms with van der Waals surface area (Å²) in [5, 5.41) is 0.0630. The molecule has 2 aromatic rings. The first kappa shape index (κ1) is 26.6. The molecule has 0 saturated heterocycles. The molecule has 0 spiro atoms. The van der Waals surface area contributed by atoms with Gasteiger partial charge in [0.15, 0.2) is 0 Å². The Morgan fingerprint density at radius 2 is 1.31 bits per heavy atom. The van der Waals surface area contributed by atoms with Crippen LogP contribution >= 0.6 is 11.6 Å². The van der Waals surface area contributed by atoms with E-state index in [0.717, 1.165) is 36.2 Å². The van der Waals surface area contributed by atoms with E-state index in [1.54, 1.807) is 18.2 Å². The standard InChI is InChI=1S/C32H43ClF2/c1-2-3-4-5-6-23-7-9-24(10-8-23)11-12-25-13-15-26(16-14-25)27-17-19-29(31(34)21-27)28-18-20-30(33)32(35)22-28/h17-26H,2-16H2,1H3/t23-,24-,25-,26-. The summed E-state index contributed by atoms with van der Waals surface area (Å²) >= 11 is 5.78. The molecular formula is C32H43ClF2. The van der Waals surface area contributed by atoms with Gasteiger partial charge in [-0.2, -0.15) is 0 Å². The van der Waals surface area contributed by atoms with Gasteiger partial charge in [-0.1, -0.05) is 107 Å². The van der Waals surface area contributed by atoms with Crippen LogP contribution in [0.1, 0.15) is 115 Å². The fourth-order valence-electron chi connectivity index (χ4n) is 6.61. The Bertz CT molecular complexity index is 923. The third-order valence-corrected chi connectivity index (χ3v) is 9.26. The van der Waals surface area contributed by atoms with Crippen LogP contribution in [0.5, 0.6) is 0 Å². The van der Waals surface area contributed by atoms with Gasteiger partial charge in [0.05, 0.1) is 5.02 Å². The maximum Gasteiger partial charge on any atom is 0.142 e. The minimum Gasteiger partial charge on any atom is -0.206 e. The van der Waals surface area contributed by atoms with Gasteiger partial charge in [0.25, 0.3) is 0 Å². The highest BCUT2D eigenvalue weighted by molar-refractivity contribution is 6.30. The quantitative estimate of drug-likeness (QED) is 0.284. The Morgan fingerprint density at radius 3 is 1.91 bits per heavy atom. The van der Waals surface area contributed by atoms with Crippen LogP contribution in [0.25, 0.3) is 11.1 Å². The molecule has 192 valence electrons. The van der Waals surface area contributed by atoms with Crippen LogP contribution < -0.4 is 0 Å².